The van der Waals surface area contributed by atoms with E-state index in [0.29, 0.717) is 0 Å². The van der Waals surface area contributed by atoms with Gasteiger partial charge < -0.3 is 14.6 Å². The number of sulfonamides is 1. The monoisotopic (exact) mass is 399 g/mol. The fourth-order valence-corrected chi connectivity index (χ4v) is 3.69. The van der Waals surface area contributed by atoms with Crippen LogP contribution in [0.2, 0.25) is 10.0 Å². The number of rotatable bonds is 4. The molecule has 0 aliphatic rings. The van der Waals surface area contributed by atoms with Gasteiger partial charge in [-0.3, -0.25) is 0 Å². The van der Waals surface area contributed by atoms with Crippen molar-refractivity contribution in [3.63, 3.8) is 0 Å². The van der Waals surface area contributed by atoms with Crippen LogP contribution in [-0.4, -0.2) is 18.6 Å². The third kappa shape index (κ3) is 3.53. The summed E-state index contributed by atoms with van der Waals surface area (Å²) in [6.07, 6.45) is 0. The second kappa shape index (κ2) is 6.51. The minimum absolute atomic E-state index is 0.0300. The summed E-state index contributed by atoms with van der Waals surface area (Å²) >= 11 is 11.8. The van der Waals surface area contributed by atoms with Gasteiger partial charge in [0.15, 0.2) is 5.76 Å². The molecule has 1 heterocycles. The van der Waals surface area contributed by atoms with E-state index in [1.54, 1.807) is 18.2 Å². The maximum Gasteiger partial charge on any atom is 0.264 e. The summed E-state index contributed by atoms with van der Waals surface area (Å²) in [4.78, 5) is -0.0300. The van der Waals surface area contributed by atoms with Gasteiger partial charge in [-0.2, -0.15) is 0 Å². The van der Waals surface area contributed by atoms with Crippen molar-refractivity contribution in [2.75, 3.05) is 4.72 Å². The lowest BCUT2D eigenvalue weighted by Crippen LogP contribution is -2.12. The fraction of sp³-hybridized carbons (Fsp3) is 0. The van der Waals surface area contributed by atoms with Crippen LogP contribution in [0.1, 0.15) is 0 Å². The van der Waals surface area contributed by atoms with Crippen LogP contribution in [0.4, 0.5) is 5.88 Å². The Kier molecular flexibility index (Phi) is 4.55. The van der Waals surface area contributed by atoms with Crippen LogP contribution in [0.15, 0.2) is 57.8 Å². The number of hydrogen-bond acceptors (Lipinski definition) is 5. The van der Waals surface area contributed by atoms with Crippen LogP contribution in [-0.2, 0) is 10.0 Å². The average molecular weight is 400 g/mol. The number of hydrogen-bond donors (Lipinski definition) is 3. The summed E-state index contributed by atoms with van der Waals surface area (Å²) in [6.45, 7) is 0. The van der Waals surface area contributed by atoms with E-state index in [4.69, 9.17) is 27.6 Å². The first-order chi connectivity index (χ1) is 11.8. The molecule has 3 rings (SSSR count). The zero-order valence-electron chi connectivity index (χ0n) is 12.4. The summed E-state index contributed by atoms with van der Waals surface area (Å²) in [5.41, 5.74) is 0.274. The Hall–Kier alpha value is -2.35. The van der Waals surface area contributed by atoms with Crippen LogP contribution in [0.25, 0.3) is 11.3 Å². The van der Waals surface area contributed by atoms with Crippen molar-refractivity contribution >= 4 is 39.1 Å². The van der Waals surface area contributed by atoms with Crippen molar-refractivity contribution in [3.05, 3.63) is 58.6 Å². The zero-order chi connectivity index (χ0) is 18.2. The van der Waals surface area contributed by atoms with Gasteiger partial charge in [0.25, 0.3) is 15.9 Å². The minimum atomic E-state index is -4.00. The molecule has 0 aliphatic carbocycles. The number of furan rings is 1. The molecule has 130 valence electrons. The van der Waals surface area contributed by atoms with E-state index >= 15 is 0 Å². The van der Waals surface area contributed by atoms with Gasteiger partial charge in [0.05, 0.1) is 4.90 Å². The second-order valence-electron chi connectivity index (χ2n) is 5.03. The van der Waals surface area contributed by atoms with Crippen LogP contribution < -0.4 is 4.72 Å². The molecule has 0 aliphatic heterocycles. The average Bonchev–Trinajstić information content (AvgIpc) is 2.83. The molecule has 2 aromatic carbocycles. The molecule has 0 radical (unpaired) electrons. The van der Waals surface area contributed by atoms with E-state index in [9.17, 15) is 18.6 Å². The van der Waals surface area contributed by atoms with Gasteiger partial charge in [-0.15, -0.1) is 0 Å². The van der Waals surface area contributed by atoms with Gasteiger partial charge in [-0.1, -0.05) is 41.4 Å². The largest absolute Gasteiger partial charge is 0.502 e. The first-order valence-electron chi connectivity index (χ1n) is 6.87. The smallest absolute Gasteiger partial charge is 0.264 e. The summed E-state index contributed by atoms with van der Waals surface area (Å²) < 4.78 is 32.0. The van der Waals surface area contributed by atoms with Crippen molar-refractivity contribution in [3.8, 4) is 22.8 Å². The first kappa shape index (κ1) is 17.5. The Bertz CT molecular complexity index is 1010. The normalized spacial score (nSPS) is 11.4. The number of aromatic hydroxyl groups is 2. The van der Waals surface area contributed by atoms with Crippen LogP contribution in [0.3, 0.4) is 0 Å². The van der Waals surface area contributed by atoms with E-state index in [1.807, 2.05) is 0 Å². The lowest BCUT2D eigenvalue weighted by atomic mass is 10.1. The summed E-state index contributed by atoms with van der Waals surface area (Å²) in [6, 6.07) is 11.9. The molecule has 1 aromatic heterocycles. The van der Waals surface area contributed by atoms with Crippen molar-refractivity contribution in [1.82, 2.24) is 0 Å². The number of anilines is 1. The van der Waals surface area contributed by atoms with Crippen LogP contribution in [0, 0.1) is 0 Å². The summed E-state index contributed by atoms with van der Waals surface area (Å²) in [7, 11) is -4.00. The van der Waals surface area contributed by atoms with Crippen molar-refractivity contribution < 1.29 is 23.0 Å². The Morgan fingerprint density at radius 2 is 1.52 bits per heavy atom. The molecule has 0 amide bonds. The lowest BCUT2D eigenvalue weighted by molar-refractivity contribution is 0.410. The molecule has 0 saturated carbocycles. The molecule has 0 spiro atoms. The molecule has 0 atom stereocenters. The molecular formula is C16H11Cl2NO5S. The molecule has 0 fully saturated rings. The SMILES string of the molecule is O=S(=O)(Nc1oc(-c2cc(Cl)cc(Cl)c2)c(O)c1O)c1ccccc1. The predicted molar refractivity (Wildman–Crippen MR) is 94.7 cm³/mol. The third-order valence-corrected chi connectivity index (χ3v) is 5.05. The fourth-order valence-electron chi connectivity index (χ4n) is 2.14. The quantitative estimate of drug-likeness (QED) is 0.600. The van der Waals surface area contributed by atoms with Gasteiger partial charge in [-0.05, 0) is 30.3 Å². The topological polar surface area (TPSA) is 99.8 Å². The molecule has 3 N–H and O–H groups in total. The number of halogens is 2. The van der Waals surface area contributed by atoms with Crippen molar-refractivity contribution in [1.29, 1.82) is 0 Å². The van der Waals surface area contributed by atoms with E-state index in [2.05, 4.69) is 4.72 Å². The summed E-state index contributed by atoms with van der Waals surface area (Å²) in [5, 5.41) is 20.6. The summed E-state index contributed by atoms with van der Waals surface area (Å²) in [5.74, 6) is -2.07. The Balaban J connectivity index is 2.02. The molecule has 3 aromatic rings. The van der Waals surface area contributed by atoms with Gasteiger partial charge in [-0.25, -0.2) is 13.1 Å². The maximum absolute atomic E-state index is 12.3. The predicted octanol–water partition coefficient (Wildman–Crippen LogP) is 4.47. The molecule has 25 heavy (non-hydrogen) atoms. The highest BCUT2D eigenvalue weighted by Crippen LogP contribution is 2.46. The van der Waals surface area contributed by atoms with Gasteiger partial charge in [0, 0.05) is 15.6 Å². The Morgan fingerprint density at radius 1 is 0.920 bits per heavy atom. The van der Waals surface area contributed by atoms with E-state index < -0.39 is 27.4 Å². The van der Waals surface area contributed by atoms with Gasteiger partial charge >= 0.3 is 0 Å². The maximum atomic E-state index is 12.3. The van der Waals surface area contributed by atoms with E-state index in [1.165, 1.54) is 30.3 Å². The third-order valence-electron chi connectivity index (χ3n) is 3.26. The number of benzene rings is 2. The molecule has 0 bridgehead atoms. The van der Waals surface area contributed by atoms with Gasteiger partial charge in [0.2, 0.25) is 11.5 Å². The zero-order valence-corrected chi connectivity index (χ0v) is 14.7. The molecular weight excluding hydrogens is 389 g/mol. The van der Waals surface area contributed by atoms with Crippen LogP contribution >= 0.6 is 23.2 Å². The molecule has 0 saturated heterocycles. The minimum Gasteiger partial charge on any atom is -0.502 e. The van der Waals surface area contributed by atoms with E-state index in [0.717, 1.165) is 0 Å². The molecule has 9 heteroatoms. The highest BCUT2D eigenvalue weighted by Gasteiger charge is 2.25. The first-order valence-corrected chi connectivity index (χ1v) is 9.11. The molecule has 6 nitrogen and oxygen atoms in total. The van der Waals surface area contributed by atoms with Crippen molar-refractivity contribution in [2.45, 2.75) is 4.90 Å². The van der Waals surface area contributed by atoms with Crippen LogP contribution in [0.5, 0.6) is 11.5 Å². The van der Waals surface area contributed by atoms with Crippen molar-refractivity contribution in [2.24, 2.45) is 0 Å². The molecule has 0 unspecified atom stereocenters. The Labute approximate surface area is 153 Å². The Morgan fingerprint density at radius 3 is 2.12 bits per heavy atom. The second-order valence-corrected chi connectivity index (χ2v) is 7.59. The van der Waals surface area contributed by atoms with E-state index in [-0.39, 0.29) is 26.3 Å². The highest BCUT2D eigenvalue weighted by molar-refractivity contribution is 7.92. The highest BCUT2D eigenvalue weighted by atomic mass is 35.5. The standard InChI is InChI=1S/C16H11Cl2NO5S/c17-10-6-9(7-11(18)8-10)15-13(20)14(21)16(24-15)19-25(22,23)12-4-2-1-3-5-12/h1-8,19-21H. The lowest BCUT2D eigenvalue weighted by Gasteiger charge is -2.05. The van der Waals surface area contributed by atoms with Gasteiger partial charge in [0.1, 0.15) is 0 Å². The number of nitrogens with one attached hydrogen (secondary N) is 1.